The molecule has 1 N–H and O–H groups in total. The van der Waals surface area contributed by atoms with E-state index in [1.807, 2.05) is 18.2 Å². The molecule has 0 unspecified atom stereocenters. The molecule has 0 bridgehead atoms. The Balaban J connectivity index is 1.51. The third-order valence-corrected chi connectivity index (χ3v) is 6.38. The molecule has 140 valence electrons. The third kappa shape index (κ3) is 3.09. The number of rotatable bonds is 6. The topological polar surface area (TPSA) is 76.1 Å². The van der Waals surface area contributed by atoms with Gasteiger partial charge in [0.15, 0.2) is 0 Å². The molecule has 0 amide bonds. The van der Waals surface area contributed by atoms with Crippen molar-refractivity contribution >= 4 is 26.5 Å². The largest absolute Gasteiger partial charge is 0.497 e. The molecule has 1 aliphatic heterocycles. The van der Waals surface area contributed by atoms with Crippen LogP contribution < -0.4 is 13.8 Å². The zero-order valence-corrected chi connectivity index (χ0v) is 15.5. The highest BCUT2D eigenvalue weighted by Crippen LogP contribution is 2.41. The average molecular weight is 385 g/mol. The second-order valence-corrected chi connectivity index (χ2v) is 8.14. The van der Waals surface area contributed by atoms with Crippen molar-refractivity contribution in [1.82, 2.24) is 0 Å². The number of methoxy groups -OCH3 is 1. The average Bonchev–Trinajstić information content (AvgIpc) is 2.90. The SMILES string of the molecule is COc1ccc(OC[C@@H](O)CN2c3cccc4cccc(c34)S2(=O)=O)cc1. The molecule has 1 heterocycles. The van der Waals surface area contributed by atoms with Gasteiger partial charge in [-0.25, -0.2) is 8.42 Å². The number of aliphatic hydroxyl groups excluding tert-OH is 1. The summed E-state index contributed by atoms with van der Waals surface area (Å²) < 4.78 is 37.7. The Morgan fingerprint density at radius 2 is 1.67 bits per heavy atom. The lowest BCUT2D eigenvalue weighted by Crippen LogP contribution is -2.37. The first kappa shape index (κ1) is 17.6. The summed E-state index contributed by atoms with van der Waals surface area (Å²) in [7, 11) is -2.11. The van der Waals surface area contributed by atoms with E-state index < -0.39 is 16.1 Å². The van der Waals surface area contributed by atoms with Crippen molar-refractivity contribution in [3.8, 4) is 11.5 Å². The van der Waals surface area contributed by atoms with E-state index in [2.05, 4.69) is 0 Å². The summed E-state index contributed by atoms with van der Waals surface area (Å²) in [5.74, 6) is 1.28. The second kappa shape index (κ2) is 6.75. The number of hydrogen-bond donors (Lipinski definition) is 1. The summed E-state index contributed by atoms with van der Waals surface area (Å²) in [5, 5.41) is 11.9. The van der Waals surface area contributed by atoms with Gasteiger partial charge >= 0.3 is 0 Å². The van der Waals surface area contributed by atoms with E-state index in [1.54, 1.807) is 49.6 Å². The van der Waals surface area contributed by atoms with Crippen LogP contribution in [0.1, 0.15) is 0 Å². The fourth-order valence-corrected chi connectivity index (χ4v) is 5.01. The van der Waals surface area contributed by atoms with Crippen LogP contribution in [0.25, 0.3) is 10.8 Å². The number of β-amino-alcohol motifs (C(OH)–C–C–N with tert-alkyl or cyclic N) is 1. The van der Waals surface area contributed by atoms with Gasteiger partial charge in [-0.2, -0.15) is 0 Å². The summed E-state index contributed by atoms with van der Waals surface area (Å²) in [6.07, 6.45) is -0.980. The molecular weight excluding hydrogens is 366 g/mol. The fraction of sp³-hybridized carbons (Fsp3) is 0.200. The van der Waals surface area contributed by atoms with Gasteiger partial charge in [-0.15, -0.1) is 0 Å². The fourth-order valence-electron chi connectivity index (χ4n) is 3.26. The lowest BCUT2D eigenvalue weighted by molar-refractivity contribution is 0.115. The van der Waals surface area contributed by atoms with Gasteiger partial charge in [0.1, 0.15) is 24.2 Å². The van der Waals surface area contributed by atoms with Crippen LogP contribution >= 0.6 is 0 Å². The molecule has 0 saturated carbocycles. The summed E-state index contributed by atoms with van der Waals surface area (Å²) in [6, 6.07) is 17.6. The van der Waals surface area contributed by atoms with Crippen LogP contribution in [0.5, 0.6) is 11.5 Å². The molecule has 0 aliphatic carbocycles. The minimum Gasteiger partial charge on any atom is -0.497 e. The highest BCUT2D eigenvalue weighted by Gasteiger charge is 2.36. The first-order valence-corrected chi connectivity index (χ1v) is 9.94. The minimum absolute atomic E-state index is 0.0231. The number of hydrogen-bond acceptors (Lipinski definition) is 5. The molecule has 6 nitrogen and oxygen atoms in total. The van der Waals surface area contributed by atoms with E-state index in [1.165, 1.54) is 4.31 Å². The maximum Gasteiger partial charge on any atom is 0.265 e. The molecule has 0 aromatic heterocycles. The summed E-state index contributed by atoms with van der Waals surface area (Å²) >= 11 is 0. The third-order valence-electron chi connectivity index (χ3n) is 4.56. The Morgan fingerprint density at radius 3 is 2.37 bits per heavy atom. The molecule has 1 atom stereocenters. The normalized spacial score (nSPS) is 15.7. The number of anilines is 1. The van der Waals surface area contributed by atoms with Crippen molar-refractivity contribution in [1.29, 1.82) is 0 Å². The monoisotopic (exact) mass is 385 g/mol. The van der Waals surface area contributed by atoms with Crippen molar-refractivity contribution in [3.63, 3.8) is 0 Å². The second-order valence-electron chi connectivity index (χ2n) is 6.31. The number of nitrogens with zero attached hydrogens (tertiary/aromatic N) is 1. The van der Waals surface area contributed by atoms with E-state index in [4.69, 9.17) is 9.47 Å². The molecule has 4 rings (SSSR count). The van der Waals surface area contributed by atoms with Crippen LogP contribution in [-0.2, 0) is 10.0 Å². The molecule has 1 aliphatic rings. The Hall–Kier alpha value is -2.77. The van der Waals surface area contributed by atoms with Gasteiger partial charge in [0.05, 0.1) is 24.2 Å². The molecular formula is C20H19NO5S. The van der Waals surface area contributed by atoms with Crippen LogP contribution in [0.4, 0.5) is 5.69 Å². The first-order chi connectivity index (χ1) is 13.0. The van der Waals surface area contributed by atoms with Crippen molar-refractivity contribution < 1.29 is 23.0 Å². The Morgan fingerprint density at radius 1 is 1.00 bits per heavy atom. The van der Waals surface area contributed by atoms with Gasteiger partial charge in [0.2, 0.25) is 0 Å². The molecule has 0 radical (unpaired) electrons. The maximum absolute atomic E-state index is 12.9. The van der Waals surface area contributed by atoms with E-state index in [0.29, 0.717) is 22.6 Å². The van der Waals surface area contributed by atoms with Gasteiger partial charge in [0.25, 0.3) is 10.0 Å². The first-order valence-electron chi connectivity index (χ1n) is 8.50. The minimum atomic E-state index is -3.68. The quantitative estimate of drug-likeness (QED) is 0.706. The van der Waals surface area contributed by atoms with Gasteiger partial charge in [-0.05, 0) is 41.8 Å². The summed E-state index contributed by atoms with van der Waals surface area (Å²) in [4.78, 5) is 0.277. The molecule has 7 heteroatoms. The zero-order chi connectivity index (χ0) is 19.0. The summed E-state index contributed by atoms with van der Waals surface area (Å²) in [6.45, 7) is -0.100. The number of aliphatic hydroxyl groups is 1. The molecule has 0 spiro atoms. The predicted molar refractivity (Wildman–Crippen MR) is 103 cm³/mol. The lowest BCUT2D eigenvalue weighted by atomic mass is 10.1. The predicted octanol–water partition coefficient (Wildman–Crippen LogP) is 2.80. The highest BCUT2D eigenvalue weighted by atomic mass is 32.2. The highest BCUT2D eigenvalue weighted by molar-refractivity contribution is 7.93. The van der Waals surface area contributed by atoms with Crippen LogP contribution in [0, 0.1) is 0 Å². The van der Waals surface area contributed by atoms with Crippen LogP contribution in [0.2, 0.25) is 0 Å². The van der Waals surface area contributed by atoms with Crippen molar-refractivity contribution in [3.05, 3.63) is 60.7 Å². The van der Waals surface area contributed by atoms with E-state index in [0.717, 1.165) is 5.39 Å². The lowest BCUT2D eigenvalue weighted by Gasteiger charge is -2.22. The molecule has 27 heavy (non-hydrogen) atoms. The molecule has 3 aromatic rings. The number of ether oxygens (including phenoxy) is 2. The van der Waals surface area contributed by atoms with E-state index in [-0.39, 0.29) is 18.0 Å². The maximum atomic E-state index is 12.9. The molecule has 3 aromatic carbocycles. The number of benzene rings is 3. The number of sulfonamides is 1. The molecule has 0 fully saturated rings. The van der Waals surface area contributed by atoms with Gasteiger partial charge in [0, 0.05) is 5.39 Å². The van der Waals surface area contributed by atoms with Gasteiger partial charge in [-0.1, -0.05) is 24.3 Å². The Kier molecular flexibility index (Phi) is 4.41. The van der Waals surface area contributed by atoms with E-state index >= 15 is 0 Å². The smallest absolute Gasteiger partial charge is 0.265 e. The van der Waals surface area contributed by atoms with Crippen LogP contribution in [-0.4, -0.2) is 39.9 Å². The van der Waals surface area contributed by atoms with E-state index in [9.17, 15) is 13.5 Å². The van der Waals surface area contributed by atoms with Crippen LogP contribution in [0.3, 0.4) is 0 Å². The summed E-state index contributed by atoms with van der Waals surface area (Å²) in [5.41, 5.74) is 0.589. The Labute approximate surface area is 157 Å². The van der Waals surface area contributed by atoms with Gasteiger partial charge in [-0.3, -0.25) is 4.31 Å². The van der Waals surface area contributed by atoms with Crippen molar-refractivity contribution in [2.75, 3.05) is 24.6 Å². The molecule has 0 saturated heterocycles. The Bertz CT molecular complexity index is 1070. The van der Waals surface area contributed by atoms with Crippen molar-refractivity contribution in [2.45, 2.75) is 11.0 Å². The van der Waals surface area contributed by atoms with Gasteiger partial charge < -0.3 is 14.6 Å². The van der Waals surface area contributed by atoms with Crippen LogP contribution in [0.15, 0.2) is 65.6 Å². The standard InChI is InChI=1S/C20H19NO5S/c1-25-16-8-10-17(11-9-16)26-13-15(22)12-21-18-6-2-4-14-5-3-7-19(20(14)18)27(21,23)24/h2-11,15,22H,12-13H2,1H3/t15-/m0/s1. The zero-order valence-electron chi connectivity index (χ0n) is 14.7. The van der Waals surface area contributed by atoms with Crippen molar-refractivity contribution in [2.24, 2.45) is 0 Å².